The molecule has 5 heteroatoms. The van der Waals surface area contributed by atoms with E-state index in [9.17, 15) is 9.59 Å². The van der Waals surface area contributed by atoms with Crippen LogP contribution in [-0.4, -0.2) is 41.6 Å². The fraction of sp³-hybridized carbons (Fsp3) is 0.882. The lowest BCUT2D eigenvalue weighted by atomic mass is 9.80. The number of Topliss-reactive ketones (excluding diaryl/α,β-unsaturated/α-hetero) is 1. The standard InChI is InChI=1S/C17H24O4S.H2/c1-8(18)9-3-5-10(6-4-9)17(19)21-14-11-7-12-15(13(11)20-2)22-16(12)14;/h9-16H,3-7H2,1-2H3;1H/t9?,10?,11-,12+,13?,14?,15?,16?;/m1./s1. The summed E-state index contributed by atoms with van der Waals surface area (Å²) in [6.45, 7) is 1.66. The molecule has 0 aromatic carbocycles. The van der Waals surface area contributed by atoms with Crippen LogP contribution >= 0.6 is 11.8 Å². The van der Waals surface area contributed by atoms with Crippen LogP contribution < -0.4 is 0 Å². The molecule has 6 atom stereocenters. The molecule has 1 heterocycles. The first-order chi connectivity index (χ1) is 10.6. The van der Waals surface area contributed by atoms with Crippen molar-refractivity contribution in [1.82, 2.24) is 0 Å². The van der Waals surface area contributed by atoms with Crippen molar-refractivity contribution in [1.29, 1.82) is 0 Å². The maximum absolute atomic E-state index is 12.5. The number of methoxy groups -OCH3 is 1. The summed E-state index contributed by atoms with van der Waals surface area (Å²) < 4.78 is 11.6. The zero-order valence-corrected chi connectivity index (χ0v) is 14.0. The van der Waals surface area contributed by atoms with Gasteiger partial charge in [-0.1, -0.05) is 0 Å². The third kappa shape index (κ3) is 2.15. The predicted molar refractivity (Wildman–Crippen MR) is 85.7 cm³/mol. The van der Waals surface area contributed by atoms with Crippen LogP contribution in [0.1, 0.15) is 40.5 Å². The molecule has 0 amide bonds. The smallest absolute Gasteiger partial charge is 0.309 e. The van der Waals surface area contributed by atoms with Gasteiger partial charge in [0.25, 0.3) is 0 Å². The second-order valence-corrected chi connectivity index (χ2v) is 8.75. The van der Waals surface area contributed by atoms with Crippen molar-refractivity contribution in [3.8, 4) is 0 Å². The first-order valence-corrected chi connectivity index (χ1v) is 9.43. The van der Waals surface area contributed by atoms with E-state index in [1.54, 1.807) is 14.0 Å². The minimum atomic E-state index is -0.0292. The molecule has 0 aromatic heterocycles. The maximum atomic E-state index is 12.5. The van der Waals surface area contributed by atoms with Gasteiger partial charge in [0.05, 0.1) is 12.0 Å². The van der Waals surface area contributed by atoms with E-state index >= 15 is 0 Å². The van der Waals surface area contributed by atoms with Gasteiger partial charge in [0.15, 0.2) is 0 Å². The molecule has 22 heavy (non-hydrogen) atoms. The van der Waals surface area contributed by atoms with E-state index < -0.39 is 0 Å². The third-order valence-corrected chi connectivity index (χ3v) is 8.22. The molecule has 2 bridgehead atoms. The van der Waals surface area contributed by atoms with E-state index in [0.29, 0.717) is 22.3 Å². The summed E-state index contributed by atoms with van der Waals surface area (Å²) in [6.07, 6.45) is 4.78. The Bertz CT molecular complexity index is 491. The first-order valence-electron chi connectivity index (χ1n) is 8.49. The quantitative estimate of drug-likeness (QED) is 0.744. The molecule has 0 N–H and O–H groups in total. The van der Waals surface area contributed by atoms with Gasteiger partial charge >= 0.3 is 5.97 Å². The van der Waals surface area contributed by atoms with Gasteiger partial charge in [-0.15, -0.1) is 11.8 Å². The van der Waals surface area contributed by atoms with E-state index in [1.165, 1.54) is 0 Å². The van der Waals surface area contributed by atoms with Gasteiger partial charge in [-0.3, -0.25) is 9.59 Å². The van der Waals surface area contributed by atoms with Crippen LogP contribution in [0.4, 0.5) is 0 Å². The minimum Gasteiger partial charge on any atom is -0.461 e. The molecule has 0 radical (unpaired) electrons. The number of carbonyl (C=O) groups excluding carboxylic acids is 2. The monoisotopic (exact) mass is 326 g/mol. The van der Waals surface area contributed by atoms with Crippen LogP contribution in [0.5, 0.6) is 0 Å². The van der Waals surface area contributed by atoms with E-state index in [1.807, 2.05) is 11.8 Å². The van der Waals surface area contributed by atoms with Crippen molar-refractivity contribution < 1.29 is 20.5 Å². The Labute approximate surface area is 137 Å². The summed E-state index contributed by atoms with van der Waals surface area (Å²) >= 11 is 1.95. The van der Waals surface area contributed by atoms with Crippen LogP contribution in [0.2, 0.25) is 0 Å². The van der Waals surface area contributed by atoms with Gasteiger partial charge in [-0.05, 0) is 44.9 Å². The third-order valence-electron chi connectivity index (χ3n) is 6.35. The van der Waals surface area contributed by atoms with Gasteiger partial charge in [0, 0.05) is 30.9 Å². The van der Waals surface area contributed by atoms with Crippen LogP contribution in [-0.2, 0) is 19.1 Å². The van der Waals surface area contributed by atoms with Crippen molar-refractivity contribution in [2.45, 2.75) is 61.7 Å². The Balaban J connectivity index is 0.00000156. The molecule has 4 unspecified atom stereocenters. The Morgan fingerprint density at radius 1 is 1.00 bits per heavy atom. The van der Waals surface area contributed by atoms with Crippen molar-refractivity contribution in [3.63, 3.8) is 0 Å². The molecular weight excluding hydrogens is 300 g/mol. The van der Waals surface area contributed by atoms with Crippen LogP contribution in [0.25, 0.3) is 0 Å². The molecule has 0 spiro atoms. The summed E-state index contributed by atoms with van der Waals surface area (Å²) in [4.78, 5) is 23.9. The lowest BCUT2D eigenvalue weighted by molar-refractivity contribution is -0.161. The number of esters is 1. The molecule has 1 saturated heterocycles. The van der Waals surface area contributed by atoms with Crippen molar-refractivity contribution >= 4 is 23.5 Å². The number of rotatable bonds is 4. The normalized spacial score (nSPS) is 48.8. The summed E-state index contributed by atoms with van der Waals surface area (Å²) in [5, 5.41) is 1.15. The van der Waals surface area contributed by atoms with Gasteiger partial charge in [0.1, 0.15) is 11.9 Å². The SMILES string of the molecule is COC1C2SC3C(OC(=O)C4CCC(C(C)=O)CC4)[C@@H]1C[C@@H]23.[HH]. The molecule has 4 fully saturated rings. The van der Waals surface area contributed by atoms with Gasteiger partial charge in [0.2, 0.25) is 0 Å². The molecule has 0 aromatic rings. The highest BCUT2D eigenvalue weighted by molar-refractivity contribution is 8.02. The lowest BCUT2D eigenvalue weighted by Gasteiger charge is -2.49. The molecule has 124 valence electrons. The largest absolute Gasteiger partial charge is 0.461 e. The van der Waals surface area contributed by atoms with Gasteiger partial charge in [-0.2, -0.15) is 0 Å². The van der Waals surface area contributed by atoms with E-state index in [2.05, 4.69) is 0 Å². The Morgan fingerprint density at radius 2 is 1.64 bits per heavy atom. The maximum Gasteiger partial charge on any atom is 0.309 e. The van der Waals surface area contributed by atoms with Gasteiger partial charge in [-0.25, -0.2) is 0 Å². The summed E-state index contributed by atoms with van der Waals surface area (Å²) in [5.74, 6) is 1.50. The van der Waals surface area contributed by atoms with Crippen molar-refractivity contribution in [3.05, 3.63) is 0 Å². The number of fused-ring (bicyclic) bond motifs is 1. The number of carbonyl (C=O) groups is 2. The summed E-state index contributed by atoms with van der Waals surface area (Å²) in [5.41, 5.74) is 0. The Kier molecular flexibility index (Phi) is 3.76. The van der Waals surface area contributed by atoms with Crippen LogP contribution in [0.3, 0.4) is 0 Å². The number of hydrogen-bond acceptors (Lipinski definition) is 5. The fourth-order valence-corrected chi connectivity index (χ4v) is 7.01. The first kappa shape index (κ1) is 15.0. The molecule has 4 nitrogen and oxygen atoms in total. The highest BCUT2D eigenvalue weighted by atomic mass is 32.2. The minimum absolute atomic E-state index is 0. The molecule has 3 saturated carbocycles. The zero-order valence-electron chi connectivity index (χ0n) is 13.2. The van der Waals surface area contributed by atoms with E-state index in [0.717, 1.165) is 32.1 Å². The van der Waals surface area contributed by atoms with E-state index in [-0.39, 0.29) is 37.2 Å². The average molecular weight is 326 g/mol. The van der Waals surface area contributed by atoms with Gasteiger partial charge < -0.3 is 9.47 Å². The van der Waals surface area contributed by atoms with Crippen molar-refractivity contribution in [2.75, 3.05) is 7.11 Å². The lowest BCUT2D eigenvalue weighted by Crippen LogP contribution is -2.56. The number of hydrogen-bond donors (Lipinski definition) is 0. The summed E-state index contributed by atoms with van der Waals surface area (Å²) in [7, 11) is 1.78. The highest BCUT2D eigenvalue weighted by Gasteiger charge is 2.67. The number of ketones is 1. The van der Waals surface area contributed by atoms with Crippen molar-refractivity contribution in [2.24, 2.45) is 23.7 Å². The predicted octanol–water partition coefficient (Wildman–Crippen LogP) is 2.69. The van der Waals surface area contributed by atoms with Crippen LogP contribution in [0, 0.1) is 23.7 Å². The number of ether oxygens (including phenoxy) is 2. The van der Waals surface area contributed by atoms with E-state index in [4.69, 9.17) is 9.47 Å². The second-order valence-electron chi connectivity index (χ2n) is 7.39. The molecule has 3 aliphatic carbocycles. The van der Waals surface area contributed by atoms with Crippen LogP contribution in [0.15, 0.2) is 0 Å². The number of thioether (sulfide) groups is 1. The topological polar surface area (TPSA) is 52.6 Å². The molecule has 4 rings (SSSR count). The Morgan fingerprint density at radius 3 is 2.23 bits per heavy atom. The average Bonchev–Trinajstić information content (AvgIpc) is 2.93. The molecule has 1 aliphatic heterocycles. The zero-order chi connectivity index (χ0) is 15.4. The Hall–Kier alpha value is -0.550. The highest BCUT2D eigenvalue weighted by Crippen LogP contribution is 2.65. The fourth-order valence-electron chi connectivity index (χ4n) is 5.08. The molecular formula is C17H26O4S. The molecule has 4 aliphatic rings. The summed E-state index contributed by atoms with van der Waals surface area (Å²) in [6, 6.07) is 0. The second kappa shape index (κ2) is 5.52.